The predicted molar refractivity (Wildman–Crippen MR) is 68.9 cm³/mol. The maximum Gasteiger partial charge on any atom is 0.0701 e. The zero-order chi connectivity index (χ0) is 12.6. The fourth-order valence-electron chi connectivity index (χ4n) is 1.06. The molecular formula is C12H25ClO4. The first-order valence-corrected chi connectivity index (χ1v) is 6.82. The number of halogens is 1. The molecule has 0 heterocycles. The second-order valence-corrected chi connectivity index (χ2v) is 3.87. The Kier molecular flexibility index (Phi) is 16.3. The number of hydrogen-bond acceptors (Lipinski definition) is 4. The van der Waals surface area contributed by atoms with Crippen LogP contribution in [0.3, 0.4) is 0 Å². The van der Waals surface area contributed by atoms with Gasteiger partial charge in [0.15, 0.2) is 0 Å². The lowest BCUT2D eigenvalue weighted by Gasteiger charge is -2.06. The summed E-state index contributed by atoms with van der Waals surface area (Å²) in [7, 11) is 0. The van der Waals surface area contributed by atoms with Gasteiger partial charge in [0.05, 0.1) is 46.2 Å². The van der Waals surface area contributed by atoms with E-state index in [0.29, 0.717) is 52.1 Å². The number of rotatable bonds is 14. The summed E-state index contributed by atoms with van der Waals surface area (Å²) < 4.78 is 21.1. The third-order valence-electron chi connectivity index (χ3n) is 1.98. The van der Waals surface area contributed by atoms with Gasteiger partial charge in [0, 0.05) is 12.5 Å². The SMILES string of the molecule is CCCCOCCOCCOCCOCCCl. The average molecular weight is 269 g/mol. The molecule has 17 heavy (non-hydrogen) atoms. The van der Waals surface area contributed by atoms with Gasteiger partial charge in [-0.15, -0.1) is 11.6 Å². The van der Waals surface area contributed by atoms with Crippen molar-refractivity contribution in [1.29, 1.82) is 0 Å². The second kappa shape index (κ2) is 16.1. The van der Waals surface area contributed by atoms with Gasteiger partial charge in [0.25, 0.3) is 0 Å². The number of unbranched alkanes of at least 4 members (excludes halogenated alkanes) is 1. The lowest BCUT2D eigenvalue weighted by Crippen LogP contribution is -2.12. The van der Waals surface area contributed by atoms with Gasteiger partial charge < -0.3 is 18.9 Å². The molecule has 0 aromatic heterocycles. The van der Waals surface area contributed by atoms with E-state index in [4.69, 9.17) is 30.5 Å². The summed E-state index contributed by atoms with van der Waals surface area (Å²) in [5.74, 6) is 0.529. The van der Waals surface area contributed by atoms with Crippen LogP contribution in [0.2, 0.25) is 0 Å². The average Bonchev–Trinajstić information content (AvgIpc) is 2.35. The van der Waals surface area contributed by atoms with Crippen molar-refractivity contribution >= 4 is 11.6 Å². The molecule has 104 valence electrons. The molecule has 0 rings (SSSR count). The fraction of sp³-hybridized carbons (Fsp3) is 1.00. The maximum atomic E-state index is 5.45. The predicted octanol–water partition coefficient (Wildman–Crippen LogP) is 2.09. The molecule has 0 aliphatic heterocycles. The van der Waals surface area contributed by atoms with E-state index in [1.165, 1.54) is 6.42 Å². The van der Waals surface area contributed by atoms with Gasteiger partial charge in [0.1, 0.15) is 0 Å². The molecule has 0 saturated heterocycles. The summed E-state index contributed by atoms with van der Waals surface area (Å²) in [6, 6.07) is 0. The lowest BCUT2D eigenvalue weighted by molar-refractivity contribution is -0.000546. The molecule has 0 aliphatic rings. The zero-order valence-corrected chi connectivity index (χ0v) is 11.5. The highest BCUT2D eigenvalue weighted by Crippen LogP contribution is 1.88. The highest BCUT2D eigenvalue weighted by atomic mass is 35.5. The van der Waals surface area contributed by atoms with E-state index < -0.39 is 0 Å². The topological polar surface area (TPSA) is 36.9 Å². The van der Waals surface area contributed by atoms with E-state index in [1.807, 2.05) is 0 Å². The summed E-state index contributed by atoms with van der Waals surface area (Å²) in [4.78, 5) is 0. The molecule has 0 N–H and O–H groups in total. The summed E-state index contributed by atoms with van der Waals surface area (Å²) in [5.41, 5.74) is 0. The number of ether oxygens (including phenoxy) is 4. The van der Waals surface area contributed by atoms with Gasteiger partial charge in [-0.05, 0) is 6.42 Å². The Bertz CT molecular complexity index is 122. The molecule has 5 heteroatoms. The lowest BCUT2D eigenvalue weighted by atomic mass is 10.4. The van der Waals surface area contributed by atoms with E-state index in [9.17, 15) is 0 Å². The van der Waals surface area contributed by atoms with Crippen LogP contribution >= 0.6 is 11.6 Å². The van der Waals surface area contributed by atoms with Gasteiger partial charge in [-0.3, -0.25) is 0 Å². The quantitative estimate of drug-likeness (QED) is 0.357. The molecule has 0 aromatic carbocycles. The van der Waals surface area contributed by atoms with E-state index >= 15 is 0 Å². The first-order valence-electron chi connectivity index (χ1n) is 6.28. The molecule has 0 atom stereocenters. The van der Waals surface area contributed by atoms with E-state index in [1.54, 1.807) is 0 Å². The van der Waals surface area contributed by atoms with Crippen molar-refractivity contribution in [2.75, 3.05) is 58.7 Å². The van der Waals surface area contributed by atoms with Crippen molar-refractivity contribution in [2.45, 2.75) is 19.8 Å². The Labute approximate surface area is 110 Å². The molecule has 0 aromatic rings. The Morgan fingerprint density at radius 1 is 0.647 bits per heavy atom. The Morgan fingerprint density at radius 3 is 1.47 bits per heavy atom. The fourth-order valence-corrected chi connectivity index (χ4v) is 1.17. The van der Waals surface area contributed by atoms with E-state index in [2.05, 4.69) is 6.92 Å². The normalized spacial score (nSPS) is 10.9. The first kappa shape index (κ1) is 17.1. The summed E-state index contributed by atoms with van der Waals surface area (Å²) in [6.45, 7) is 7.24. The van der Waals surface area contributed by atoms with Crippen molar-refractivity contribution in [3.05, 3.63) is 0 Å². The van der Waals surface area contributed by atoms with Gasteiger partial charge in [-0.25, -0.2) is 0 Å². The molecule has 0 bridgehead atoms. The maximum absolute atomic E-state index is 5.45. The molecule has 0 fully saturated rings. The van der Waals surface area contributed by atoms with Crippen LogP contribution in [-0.2, 0) is 18.9 Å². The smallest absolute Gasteiger partial charge is 0.0701 e. The molecule has 4 nitrogen and oxygen atoms in total. The number of hydrogen-bond donors (Lipinski definition) is 0. The monoisotopic (exact) mass is 268 g/mol. The van der Waals surface area contributed by atoms with Crippen LogP contribution in [0.4, 0.5) is 0 Å². The van der Waals surface area contributed by atoms with E-state index in [0.717, 1.165) is 13.0 Å². The van der Waals surface area contributed by atoms with E-state index in [-0.39, 0.29) is 0 Å². The van der Waals surface area contributed by atoms with Crippen LogP contribution in [0.1, 0.15) is 19.8 Å². The standard InChI is InChI=1S/C12H25ClO4/c1-2-3-5-14-7-9-16-11-12-17-10-8-15-6-4-13/h2-12H2,1H3. The Morgan fingerprint density at radius 2 is 1.06 bits per heavy atom. The first-order chi connectivity index (χ1) is 8.41. The molecule has 0 spiro atoms. The van der Waals surface area contributed by atoms with Gasteiger partial charge in [-0.2, -0.15) is 0 Å². The molecule has 0 amide bonds. The molecule has 0 saturated carbocycles. The minimum Gasteiger partial charge on any atom is -0.379 e. The van der Waals surface area contributed by atoms with Crippen LogP contribution in [0.5, 0.6) is 0 Å². The highest BCUT2D eigenvalue weighted by Gasteiger charge is 1.92. The molecule has 0 unspecified atom stereocenters. The highest BCUT2D eigenvalue weighted by molar-refractivity contribution is 6.17. The van der Waals surface area contributed by atoms with Gasteiger partial charge in [0.2, 0.25) is 0 Å². The number of alkyl halides is 1. The summed E-state index contributed by atoms with van der Waals surface area (Å²) in [5, 5.41) is 0. The van der Waals surface area contributed by atoms with Gasteiger partial charge in [-0.1, -0.05) is 13.3 Å². The van der Waals surface area contributed by atoms with Crippen LogP contribution in [0, 0.1) is 0 Å². The second-order valence-electron chi connectivity index (χ2n) is 3.49. The molecule has 0 radical (unpaired) electrons. The largest absolute Gasteiger partial charge is 0.379 e. The third kappa shape index (κ3) is 16.1. The minimum absolute atomic E-state index is 0.529. The van der Waals surface area contributed by atoms with Crippen molar-refractivity contribution in [3.8, 4) is 0 Å². The van der Waals surface area contributed by atoms with Crippen molar-refractivity contribution in [2.24, 2.45) is 0 Å². The molecular weight excluding hydrogens is 244 g/mol. The van der Waals surface area contributed by atoms with Crippen LogP contribution in [-0.4, -0.2) is 58.7 Å². The van der Waals surface area contributed by atoms with Crippen LogP contribution in [0.15, 0.2) is 0 Å². The Hall–Kier alpha value is 0.130. The van der Waals surface area contributed by atoms with Crippen molar-refractivity contribution < 1.29 is 18.9 Å². The summed E-state index contributed by atoms with van der Waals surface area (Å²) in [6.07, 6.45) is 2.28. The van der Waals surface area contributed by atoms with Crippen LogP contribution < -0.4 is 0 Å². The third-order valence-corrected chi connectivity index (χ3v) is 2.13. The van der Waals surface area contributed by atoms with Crippen molar-refractivity contribution in [1.82, 2.24) is 0 Å². The Balaban J connectivity index is 2.85. The zero-order valence-electron chi connectivity index (χ0n) is 10.8. The van der Waals surface area contributed by atoms with Crippen molar-refractivity contribution in [3.63, 3.8) is 0 Å². The van der Waals surface area contributed by atoms with Crippen LogP contribution in [0.25, 0.3) is 0 Å². The minimum atomic E-state index is 0.529. The summed E-state index contributed by atoms with van der Waals surface area (Å²) >= 11 is 5.45. The van der Waals surface area contributed by atoms with Gasteiger partial charge >= 0.3 is 0 Å². The molecule has 0 aliphatic carbocycles.